The number of urea groups is 1. The van der Waals surface area contributed by atoms with E-state index in [-0.39, 0.29) is 6.54 Å². The van der Waals surface area contributed by atoms with E-state index in [1.54, 1.807) is 0 Å². The summed E-state index contributed by atoms with van der Waals surface area (Å²) >= 11 is 1.50. The van der Waals surface area contributed by atoms with Crippen molar-refractivity contribution in [1.82, 2.24) is 15.1 Å². The largest absolute Gasteiger partial charge is 0.343 e. The van der Waals surface area contributed by atoms with Gasteiger partial charge in [-0.25, -0.2) is 9.69 Å². The van der Waals surface area contributed by atoms with Crippen LogP contribution in [0.2, 0.25) is 0 Å². The van der Waals surface area contributed by atoms with Crippen LogP contribution in [0.25, 0.3) is 0 Å². The lowest BCUT2D eigenvalue weighted by Gasteiger charge is -2.20. The van der Waals surface area contributed by atoms with Crippen molar-refractivity contribution in [2.24, 2.45) is 0 Å². The molecule has 166 valence electrons. The molecule has 1 unspecified atom stereocenters. The van der Waals surface area contributed by atoms with Gasteiger partial charge in [0.05, 0.1) is 6.04 Å². The number of benzene rings is 1. The lowest BCUT2D eigenvalue weighted by atomic mass is 9.97. The Morgan fingerprint density at radius 1 is 1.00 bits per heavy atom. The van der Waals surface area contributed by atoms with Crippen LogP contribution >= 0.6 is 11.3 Å². The van der Waals surface area contributed by atoms with Crippen molar-refractivity contribution in [3.63, 3.8) is 0 Å². The molecule has 1 aromatic carbocycles. The highest BCUT2D eigenvalue weighted by atomic mass is 32.1. The van der Waals surface area contributed by atoms with Crippen molar-refractivity contribution in [3.8, 4) is 0 Å². The standard InChI is InChI=1S/C24H25N3O4S/c28-20(25-21(19-12-7-15-32-19)18-10-5-2-6-11-18)16-27-23(30)22(29)26(24(27)31)14-13-17-8-3-1-4-9-17/h2,5-8,10-12,15,21H,1,3-4,9,13-14,16H2,(H,25,28). The first-order valence-corrected chi connectivity index (χ1v) is 11.7. The van der Waals surface area contributed by atoms with E-state index in [1.807, 2.05) is 47.8 Å². The zero-order valence-electron chi connectivity index (χ0n) is 17.7. The molecule has 0 spiro atoms. The smallest absolute Gasteiger partial charge is 0.334 e. The fraction of sp³-hybridized carbons (Fsp3) is 0.333. The van der Waals surface area contributed by atoms with Crippen LogP contribution < -0.4 is 5.32 Å². The van der Waals surface area contributed by atoms with E-state index in [9.17, 15) is 19.2 Å². The Hall–Kier alpha value is -3.26. The number of nitrogens with zero attached hydrogens (tertiary/aromatic N) is 2. The van der Waals surface area contributed by atoms with Crippen LogP contribution in [0, 0.1) is 0 Å². The number of rotatable bonds is 8. The summed E-state index contributed by atoms with van der Waals surface area (Å²) in [6.45, 7) is -0.327. The molecule has 1 aromatic heterocycles. The molecule has 1 N–H and O–H groups in total. The Morgan fingerprint density at radius 2 is 1.78 bits per heavy atom. The average Bonchev–Trinajstić information content (AvgIpc) is 3.42. The third kappa shape index (κ3) is 4.80. The van der Waals surface area contributed by atoms with E-state index in [2.05, 4.69) is 11.4 Å². The Kier molecular flexibility index (Phi) is 6.80. The van der Waals surface area contributed by atoms with Crippen molar-refractivity contribution in [1.29, 1.82) is 0 Å². The van der Waals surface area contributed by atoms with Crippen LogP contribution in [0.3, 0.4) is 0 Å². The topological polar surface area (TPSA) is 86.8 Å². The molecule has 1 aliphatic heterocycles. The van der Waals surface area contributed by atoms with Crippen LogP contribution in [-0.2, 0) is 14.4 Å². The highest BCUT2D eigenvalue weighted by Crippen LogP contribution is 2.26. The molecule has 1 saturated heterocycles. The van der Waals surface area contributed by atoms with Gasteiger partial charge in [0.1, 0.15) is 6.54 Å². The maximum absolute atomic E-state index is 12.8. The van der Waals surface area contributed by atoms with Crippen LogP contribution in [-0.4, -0.2) is 46.6 Å². The van der Waals surface area contributed by atoms with E-state index in [4.69, 9.17) is 0 Å². The van der Waals surface area contributed by atoms with E-state index >= 15 is 0 Å². The van der Waals surface area contributed by atoms with Gasteiger partial charge in [0.25, 0.3) is 0 Å². The van der Waals surface area contributed by atoms with Crippen LogP contribution in [0.1, 0.15) is 48.6 Å². The number of hydrogen-bond acceptors (Lipinski definition) is 5. The molecule has 2 heterocycles. The van der Waals surface area contributed by atoms with Gasteiger partial charge in [-0.1, -0.05) is 48.0 Å². The first-order valence-electron chi connectivity index (χ1n) is 10.8. The Labute approximate surface area is 190 Å². The molecule has 7 nitrogen and oxygen atoms in total. The molecular weight excluding hydrogens is 426 g/mol. The number of nitrogens with one attached hydrogen (secondary N) is 1. The van der Waals surface area contributed by atoms with E-state index in [1.165, 1.54) is 16.9 Å². The summed E-state index contributed by atoms with van der Waals surface area (Å²) in [6, 6.07) is 12.2. The maximum Gasteiger partial charge on any atom is 0.334 e. The second-order valence-corrected chi connectivity index (χ2v) is 8.89. The molecule has 2 aromatic rings. The molecule has 0 saturated carbocycles. The fourth-order valence-electron chi connectivity index (χ4n) is 4.04. The van der Waals surface area contributed by atoms with Gasteiger partial charge in [0.2, 0.25) is 5.91 Å². The number of imide groups is 2. The molecule has 1 fully saturated rings. The second-order valence-electron chi connectivity index (χ2n) is 7.92. The number of carbonyl (C=O) groups is 4. The van der Waals surface area contributed by atoms with Crippen LogP contribution in [0.5, 0.6) is 0 Å². The van der Waals surface area contributed by atoms with E-state index < -0.39 is 36.3 Å². The van der Waals surface area contributed by atoms with Crippen LogP contribution in [0.4, 0.5) is 4.79 Å². The molecule has 32 heavy (non-hydrogen) atoms. The number of thiophene rings is 1. The van der Waals surface area contributed by atoms with E-state index in [0.29, 0.717) is 6.42 Å². The Bertz CT molecular complexity index is 1030. The van der Waals surface area contributed by atoms with Crippen molar-refractivity contribution < 1.29 is 19.2 Å². The lowest BCUT2D eigenvalue weighted by Crippen LogP contribution is -2.42. The summed E-state index contributed by atoms with van der Waals surface area (Å²) in [5, 5.41) is 4.82. The van der Waals surface area contributed by atoms with Crippen LogP contribution in [0.15, 0.2) is 59.5 Å². The number of allylic oxidation sites excluding steroid dienone is 1. The third-order valence-electron chi connectivity index (χ3n) is 5.74. The van der Waals surface area contributed by atoms with Gasteiger partial charge < -0.3 is 5.32 Å². The maximum atomic E-state index is 12.8. The molecular formula is C24H25N3O4S. The quantitative estimate of drug-likeness (QED) is 0.377. The van der Waals surface area contributed by atoms with Gasteiger partial charge in [-0.15, -0.1) is 11.3 Å². The molecule has 8 heteroatoms. The molecule has 4 rings (SSSR count). The van der Waals surface area contributed by atoms with Crippen molar-refractivity contribution >= 4 is 35.1 Å². The van der Waals surface area contributed by atoms with Crippen molar-refractivity contribution in [3.05, 3.63) is 69.9 Å². The highest BCUT2D eigenvalue weighted by Gasteiger charge is 2.45. The predicted molar refractivity (Wildman–Crippen MR) is 121 cm³/mol. The first-order chi connectivity index (χ1) is 15.5. The van der Waals surface area contributed by atoms with E-state index in [0.717, 1.165) is 45.9 Å². The molecule has 1 atom stereocenters. The van der Waals surface area contributed by atoms with Gasteiger partial charge in [0.15, 0.2) is 0 Å². The number of carbonyl (C=O) groups excluding carboxylic acids is 4. The minimum absolute atomic E-state index is 0.162. The monoisotopic (exact) mass is 451 g/mol. The first kappa shape index (κ1) is 22.0. The highest BCUT2D eigenvalue weighted by molar-refractivity contribution is 7.10. The SMILES string of the molecule is O=C(CN1C(=O)C(=O)N(CCC2=CCCCC2)C1=O)NC(c1ccccc1)c1cccs1. The summed E-state index contributed by atoms with van der Waals surface area (Å²) in [6.07, 6.45) is 6.94. The molecule has 1 aliphatic carbocycles. The summed E-state index contributed by atoms with van der Waals surface area (Å²) in [5.74, 6) is -2.31. The Morgan fingerprint density at radius 3 is 2.47 bits per heavy atom. The molecule has 2 aliphatic rings. The van der Waals surface area contributed by atoms with Gasteiger partial charge in [0, 0.05) is 11.4 Å². The normalized spacial score (nSPS) is 17.5. The summed E-state index contributed by atoms with van der Waals surface area (Å²) in [4.78, 5) is 53.0. The minimum Gasteiger partial charge on any atom is -0.343 e. The number of hydrogen-bond donors (Lipinski definition) is 1. The van der Waals surface area contributed by atoms with Gasteiger partial charge in [-0.05, 0) is 49.1 Å². The van der Waals surface area contributed by atoms with Gasteiger partial charge >= 0.3 is 17.8 Å². The molecule has 0 bridgehead atoms. The molecule has 5 amide bonds. The number of amides is 5. The summed E-state index contributed by atoms with van der Waals surface area (Å²) in [7, 11) is 0. The fourth-order valence-corrected chi connectivity index (χ4v) is 4.85. The minimum atomic E-state index is -0.949. The van der Waals surface area contributed by atoms with Gasteiger partial charge in [-0.3, -0.25) is 19.3 Å². The third-order valence-corrected chi connectivity index (χ3v) is 6.68. The summed E-state index contributed by atoms with van der Waals surface area (Å²) < 4.78 is 0. The second kappa shape index (κ2) is 9.91. The predicted octanol–water partition coefficient (Wildman–Crippen LogP) is 3.64. The van der Waals surface area contributed by atoms with Crippen molar-refractivity contribution in [2.45, 2.75) is 38.1 Å². The zero-order chi connectivity index (χ0) is 22.5. The van der Waals surface area contributed by atoms with Gasteiger partial charge in [-0.2, -0.15) is 0 Å². The Balaban J connectivity index is 1.41. The molecule has 0 radical (unpaired) electrons. The summed E-state index contributed by atoms with van der Waals surface area (Å²) in [5.41, 5.74) is 2.10. The average molecular weight is 452 g/mol. The zero-order valence-corrected chi connectivity index (χ0v) is 18.5. The lowest BCUT2D eigenvalue weighted by molar-refractivity contribution is -0.144. The van der Waals surface area contributed by atoms with Crippen molar-refractivity contribution in [2.75, 3.05) is 13.1 Å².